The van der Waals surface area contributed by atoms with Crippen molar-refractivity contribution in [1.82, 2.24) is 9.55 Å². The fraction of sp³-hybridized carbons (Fsp3) is 0.429. The van der Waals surface area contributed by atoms with E-state index in [4.69, 9.17) is 16.7 Å². The van der Waals surface area contributed by atoms with Crippen molar-refractivity contribution < 1.29 is 9.90 Å². The molecule has 20 heavy (non-hydrogen) atoms. The van der Waals surface area contributed by atoms with Crippen LogP contribution >= 0.6 is 23.4 Å². The van der Waals surface area contributed by atoms with Crippen molar-refractivity contribution in [3.63, 3.8) is 0 Å². The summed E-state index contributed by atoms with van der Waals surface area (Å²) in [6, 6.07) is 5.64. The Morgan fingerprint density at radius 1 is 1.60 bits per heavy atom. The number of nitrogens with zero attached hydrogens (tertiary/aromatic N) is 2. The number of imidazole rings is 1. The highest BCUT2D eigenvalue weighted by molar-refractivity contribution is 7.99. The van der Waals surface area contributed by atoms with Crippen LogP contribution in [0.25, 0.3) is 11.0 Å². The minimum atomic E-state index is -0.834. The second kappa shape index (κ2) is 5.30. The standard InChI is InChI=1S/C14H15ClN2O2S/c1-8-5-9(8)6-17-13-10(15)3-2-4-11(13)16-14(17)20-7-12(18)19/h2-4,8-9H,5-7H2,1H3,(H,18,19). The quantitative estimate of drug-likeness (QED) is 0.858. The molecule has 1 aliphatic rings. The van der Waals surface area contributed by atoms with E-state index in [9.17, 15) is 4.79 Å². The third-order valence-corrected chi connectivity index (χ3v) is 4.97. The highest BCUT2D eigenvalue weighted by Crippen LogP contribution is 2.41. The number of carbonyl (C=O) groups is 1. The Balaban J connectivity index is 2.00. The molecule has 0 saturated heterocycles. The Kier molecular flexibility index (Phi) is 3.65. The number of benzene rings is 1. The van der Waals surface area contributed by atoms with Crippen molar-refractivity contribution in [3.8, 4) is 0 Å². The summed E-state index contributed by atoms with van der Waals surface area (Å²) in [5.74, 6) is 0.556. The van der Waals surface area contributed by atoms with Crippen molar-refractivity contribution >= 4 is 40.4 Å². The van der Waals surface area contributed by atoms with Gasteiger partial charge in [-0.15, -0.1) is 0 Å². The molecule has 4 nitrogen and oxygen atoms in total. The van der Waals surface area contributed by atoms with Crippen molar-refractivity contribution in [2.24, 2.45) is 11.8 Å². The number of rotatable bonds is 5. The topological polar surface area (TPSA) is 55.1 Å². The lowest BCUT2D eigenvalue weighted by atomic mass is 10.3. The molecule has 1 heterocycles. The SMILES string of the molecule is CC1CC1Cn1c(SCC(=O)O)nc2cccc(Cl)c21. The molecule has 3 rings (SSSR count). The molecule has 1 N–H and O–H groups in total. The molecule has 0 aliphatic heterocycles. The maximum absolute atomic E-state index is 10.8. The van der Waals surface area contributed by atoms with Crippen molar-refractivity contribution in [2.75, 3.05) is 5.75 Å². The summed E-state index contributed by atoms with van der Waals surface area (Å²) in [4.78, 5) is 15.3. The summed E-state index contributed by atoms with van der Waals surface area (Å²) in [6.07, 6.45) is 1.22. The second-order valence-corrected chi connectivity index (χ2v) is 6.62. The van der Waals surface area contributed by atoms with Gasteiger partial charge in [-0.3, -0.25) is 4.79 Å². The van der Waals surface area contributed by atoms with Crippen LogP contribution in [0.4, 0.5) is 0 Å². The molecule has 106 valence electrons. The average molecular weight is 311 g/mol. The van der Waals surface area contributed by atoms with E-state index in [1.165, 1.54) is 18.2 Å². The first-order chi connectivity index (χ1) is 9.56. The number of para-hydroxylation sites is 1. The molecule has 0 spiro atoms. The Bertz CT molecular complexity index is 670. The van der Waals surface area contributed by atoms with Crippen LogP contribution in [0, 0.1) is 11.8 Å². The zero-order valence-corrected chi connectivity index (χ0v) is 12.6. The maximum Gasteiger partial charge on any atom is 0.313 e. The third kappa shape index (κ3) is 2.65. The van der Waals surface area contributed by atoms with Crippen LogP contribution in [0.1, 0.15) is 13.3 Å². The van der Waals surface area contributed by atoms with Gasteiger partial charge in [0.05, 0.1) is 21.8 Å². The van der Waals surface area contributed by atoms with Crippen LogP contribution in [0.3, 0.4) is 0 Å². The van der Waals surface area contributed by atoms with Gasteiger partial charge in [-0.1, -0.05) is 36.4 Å². The zero-order valence-electron chi connectivity index (χ0n) is 11.0. The van der Waals surface area contributed by atoms with E-state index in [2.05, 4.69) is 16.5 Å². The first kappa shape index (κ1) is 13.8. The van der Waals surface area contributed by atoms with Crippen molar-refractivity contribution in [1.29, 1.82) is 0 Å². The number of hydrogen-bond donors (Lipinski definition) is 1. The van der Waals surface area contributed by atoms with Gasteiger partial charge >= 0.3 is 5.97 Å². The number of aromatic nitrogens is 2. The summed E-state index contributed by atoms with van der Waals surface area (Å²) in [7, 11) is 0. The smallest absolute Gasteiger partial charge is 0.313 e. The molecule has 0 amide bonds. The number of carboxylic acids is 1. The van der Waals surface area contributed by atoms with Crippen LogP contribution in [-0.2, 0) is 11.3 Å². The van der Waals surface area contributed by atoms with Crippen LogP contribution in [0.15, 0.2) is 23.4 Å². The van der Waals surface area contributed by atoms with E-state index in [0.29, 0.717) is 10.9 Å². The zero-order chi connectivity index (χ0) is 14.3. The Morgan fingerprint density at radius 2 is 2.35 bits per heavy atom. The minimum absolute atomic E-state index is 0.0150. The summed E-state index contributed by atoms with van der Waals surface area (Å²) in [6.45, 7) is 3.10. The monoisotopic (exact) mass is 310 g/mol. The normalized spacial score (nSPS) is 21.3. The molecule has 2 atom stereocenters. The largest absolute Gasteiger partial charge is 0.481 e. The van der Waals surface area contributed by atoms with E-state index in [1.54, 1.807) is 0 Å². The van der Waals surface area contributed by atoms with Gasteiger partial charge in [-0.25, -0.2) is 4.98 Å². The van der Waals surface area contributed by atoms with Gasteiger partial charge in [0.2, 0.25) is 0 Å². The van der Waals surface area contributed by atoms with Crippen molar-refractivity contribution in [3.05, 3.63) is 23.2 Å². The van der Waals surface area contributed by atoms with Crippen LogP contribution < -0.4 is 0 Å². The van der Waals surface area contributed by atoms with Gasteiger partial charge in [-0.05, 0) is 30.4 Å². The van der Waals surface area contributed by atoms with Crippen LogP contribution in [0.2, 0.25) is 5.02 Å². The number of aliphatic carboxylic acids is 1. The molecule has 0 bridgehead atoms. The van der Waals surface area contributed by atoms with E-state index in [-0.39, 0.29) is 5.75 Å². The summed E-state index contributed by atoms with van der Waals surface area (Å²) < 4.78 is 2.08. The maximum atomic E-state index is 10.8. The van der Waals surface area contributed by atoms with E-state index in [0.717, 1.165) is 28.7 Å². The Hall–Kier alpha value is -1.20. The number of thioether (sulfide) groups is 1. The molecule has 1 saturated carbocycles. The number of carboxylic acid groups (broad SMARTS) is 1. The fourth-order valence-electron chi connectivity index (χ4n) is 2.41. The molecule has 1 aromatic heterocycles. The Labute approximate surface area is 126 Å². The average Bonchev–Trinajstić information content (AvgIpc) is 2.96. The van der Waals surface area contributed by atoms with Gasteiger partial charge in [-0.2, -0.15) is 0 Å². The summed E-state index contributed by atoms with van der Waals surface area (Å²) in [5.41, 5.74) is 1.75. The lowest BCUT2D eigenvalue weighted by Gasteiger charge is -2.08. The van der Waals surface area contributed by atoms with Crippen LogP contribution in [0.5, 0.6) is 0 Å². The molecule has 1 fully saturated rings. The number of halogens is 1. The molecule has 0 radical (unpaired) electrons. The van der Waals surface area contributed by atoms with E-state index in [1.807, 2.05) is 18.2 Å². The fourth-order valence-corrected chi connectivity index (χ4v) is 3.42. The molecule has 6 heteroatoms. The molecule has 2 unspecified atom stereocenters. The predicted molar refractivity (Wildman–Crippen MR) is 80.4 cm³/mol. The molecular weight excluding hydrogens is 296 g/mol. The first-order valence-corrected chi connectivity index (χ1v) is 7.92. The number of hydrogen-bond acceptors (Lipinski definition) is 3. The summed E-state index contributed by atoms with van der Waals surface area (Å²) >= 11 is 7.55. The van der Waals surface area contributed by atoms with Crippen LogP contribution in [-0.4, -0.2) is 26.4 Å². The summed E-state index contributed by atoms with van der Waals surface area (Å²) in [5, 5.41) is 10.3. The highest BCUT2D eigenvalue weighted by Gasteiger charge is 2.34. The van der Waals surface area contributed by atoms with Gasteiger partial charge in [0.15, 0.2) is 5.16 Å². The highest BCUT2D eigenvalue weighted by atomic mass is 35.5. The lowest BCUT2D eigenvalue weighted by Crippen LogP contribution is -2.05. The lowest BCUT2D eigenvalue weighted by molar-refractivity contribution is -0.133. The molecule has 1 aromatic carbocycles. The Morgan fingerprint density at radius 3 is 3.00 bits per heavy atom. The van der Waals surface area contributed by atoms with Gasteiger partial charge in [0, 0.05) is 6.54 Å². The first-order valence-electron chi connectivity index (χ1n) is 6.55. The third-order valence-electron chi connectivity index (χ3n) is 3.70. The second-order valence-electron chi connectivity index (χ2n) is 5.27. The van der Waals surface area contributed by atoms with E-state index >= 15 is 0 Å². The molecular formula is C14H15ClN2O2S. The molecule has 2 aromatic rings. The van der Waals surface area contributed by atoms with Gasteiger partial charge < -0.3 is 9.67 Å². The van der Waals surface area contributed by atoms with Gasteiger partial charge in [0.25, 0.3) is 0 Å². The molecule has 1 aliphatic carbocycles. The van der Waals surface area contributed by atoms with Gasteiger partial charge in [0.1, 0.15) is 0 Å². The van der Waals surface area contributed by atoms with E-state index < -0.39 is 5.97 Å². The minimum Gasteiger partial charge on any atom is -0.481 e. The number of fused-ring (bicyclic) bond motifs is 1. The predicted octanol–water partition coefficient (Wildman–Crippen LogP) is 3.52. The van der Waals surface area contributed by atoms with Crippen molar-refractivity contribution in [2.45, 2.75) is 25.0 Å².